The number of hydrogen-bond donors (Lipinski definition) is 1. The summed E-state index contributed by atoms with van der Waals surface area (Å²) in [4.78, 5) is 2.55. The van der Waals surface area contributed by atoms with Crippen LogP contribution < -0.4 is 5.32 Å². The minimum atomic E-state index is 0.634. The molecule has 1 heterocycles. The number of rotatable bonds is 5. The van der Waals surface area contributed by atoms with Gasteiger partial charge in [-0.1, -0.05) is 20.3 Å². The number of piperidine rings is 1. The highest BCUT2D eigenvalue weighted by atomic mass is 15.1. The lowest BCUT2D eigenvalue weighted by molar-refractivity contribution is 0.175. The molecule has 2 rings (SSSR count). The molecular formula is C14H28N2. The quantitative estimate of drug-likeness (QED) is 0.722. The SMILES string of the molecule is CN1CCCCC1CCNCC1CC1(C)C. The Balaban J connectivity index is 1.54. The molecule has 0 amide bonds. The predicted octanol–water partition coefficient (Wildman–Crippen LogP) is 2.50. The first-order chi connectivity index (χ1) is 7.59. The van der Waals surface area contributed by atoms with Gasteiger partial charge in [-0.25, -0.2) is 0 Å². The topological polar surface area (TPSA) is 15.3 Å². The van der Waals surface area contributed by atoms with Crippen molar-refractivity contribution in [2.75, 3.05) is 26.7 Å². The van der Waals surface area contributed by atoms with Crippen LogP contribution in [0.1, 0.15) is 46.0 Å². The first kappa shape index (κ1) is 12.4. The van der Waals surface area contributed by atoms with E-state index in [1.54, 1.807) is 0 Å². The van der Waals surface area contributed by atoms with E-state index in [2.05, 4.69) is 31.1 Å². The Labute approximate surface area is 101 Å². The normalized spacial score (nSPS) is 33.9. The Bertz CT molecular complexity index is 225. The van der Waals surface area contributed by atoms with E-state index in [0.29, 0.717) is 5.41 Å². The van der Waals surface area contributed by atoms with Crippen molar-refractivity contribution in [3.8, 4) is 0 Å². The summed E-state index contributed by atoms with van der Waals surface area (Å²) >= 11 is 0. The smallest absolute Gasteiger partial charge is 0.0104 e. The molecule has 2 aliphatic rings. The number of nitrogens with zero attached hydrogens (tertiary/aromatic N) is 1. The van der Waals surface area contributed by atoms with Crippen LogP contribution in [0.5, 0.6) is 0 Å². The highest BCUT2D eigenvalue weighted by Crippen LogP contribution is 2.50. The second-order valence-corrected chi connectivity index (χ2v) is 6.51. The monoisotopic (exact) mass is 224 g/mol. The van der Waals surface area contributed by atoms with Gasteiger partial charge in [0.1, 0.15) is 0 Å². The summed E-state index contributed by atoms with van der Waals surface area (Å²) in [6, 6.07) is 0.841. The zero-order valence-corrected chi connectivity index (χ0v) is 11.3. The van der Waals surface area contributed by atoms with E-state index in [1.807, 2.05) is 0 Å². The van der Waals surface area contributed by atoms with E-state index in [0.717, 1.165) is 12.0 Å². The van der Waals surface area contributed by atoms with Gasteiger partial charge in [-0.3, -0.25) is 0 Å². The molecule has 2 fully saturated rings. The Kier molecular flexibility index (Phi) is 3.91. The largest absolute Gasteiger partial charge is 0.316 e. The average molecular weight is 224 g/mol. The van der Waals surface area contributed by atoms with Gasteiger partial charge in [0, 0.05) is 6.04 Å². The molecule has 16 heavy (non-hydrogen) atoms. The minimum Gasteiger partial charge on any atom is -0.316 e. The highest BCUT2D eigenvalue weighted by molar-refractivity contribution is 4.96. The van der Waals surface area contributed by atoms with Gasteiger partial charge in [0.25, 0.3) is 0 Å². The molecule has 1 N–H and O–H groups in total. The lowest BCUT2D eigenvalue weighted by atomic mass is 10.0. The van der Waals surface area contributed by atoms with E-state index < -0.39 is 0 Å². The van der Waals surface area contributed by atoms with Crippen LogP contribution >= 0.6 is 0 Å². The summed E-state index contributed by atoms with van der Waals surface area (Å²) in [5.41, 5.74) is 0.634. The zero-order chi connectivity index (χ0) is 11.6. The summed E-state index contributed by atoms with van der Waals surface area (Å²) in [7, 11) is 2.29. The predicted molar refractivity (Wildman–Crippen MR) is 69.6 cm³/mol. The molecule has 2 atom stereocenters. The molecule has 1 saturated heterocycles. The number of likely N-dealkylation sites (tertiary alicyclic amines) is 1. The van der Waals surface area contributed by atoms with Gasteiger partial charge in [0.15, 0.2) is 0 Å². The van der Waals surface area contributed by atoms with Crippen LogP contribution in [0.25, 0.3) is 0 Å². The molecule has 0 bridgehead atoms. The Morgan fingerprint density at radius 3 is 2.69 bits per heavy atom. The van der Waals surface area contributed by atoms with Crippen molar-refractivity contribution < 1.29 is 0 Å². The summed E-state index contributed by atoms with van der Waals surface area (Å²) in [6.07, 6.45) is 7.00. The third kappa shape index (κ3) is 3.21. The van der Waals surface area contributed by atoms with Gasteiger partial charge in [0.2, 0.25) is 0 Å². The fraction of sp³-hybridized carbons (Fsp3) is 1.00. The Morgan fingerprint density at radius 2 is 2.06 bits per heavy atom. The second-order valence-electron chi connectivity index (χ2n) is 6.51. The van der Waals surface area contributed by atoms with Crippen LogP contribution in [-0.4, -0.2) is 37.6 Å². The van der Waals surface area contributed by atoms with Crippen LogP contribution in [0.3, 0.4) is 0 Å². The van der Waals surface area contributed by atoms with Crippen LogP contribution in [-0.2, 0) is 0 Å². The van der Waals surface area contributed by atoms with Crippen molar-refractivity contribution in [3.05, 3.63) is 0 Å². The molecule has 1 saturated carbocycles. The average Bonchev–Trinajstić information content (AvgIpc) is 2.84. The fourth-order valence-electron chi connectivity index (χ4n) is 2.98. The van der Waals surface area contributed by atoms with Crippen LogP contribution in [0.15, 0.2) is 0 Å². The minimum absolute atomic E-state index is 0.634. The number of nitrogens with one attached hydrogen (secondary N) is 1. The Morgan fingerprint density at radius 1 is 1.31 bits per heavy atom. The van der Waals surface area contributed by atoms with E-state index in [4.69, 9.17) is 0 Å². The van der Waals surface area contributed by atoms with Crippen molar-refractivity contribution in [2.24, 2.45) is 11.3 Å². The third-order valence-electron chi connectivity index (χ3n) is 4.68. The maximum atomic E-state index is 3.64. The maximum absolute atomic E-state index is 3.64. The van der Waals surface area contributed by atoms with Gasteiger partial charge in [-0.05, 0) is 63.7 Å². The first-order valence-electron chi connectivity index (χ1n) is 7.00. The van der Waals surface area contributed by atoms with Crippen LogP contribution in [0, 0.1) is 11.3 Å². The van der Waals surface area contributed by atoms with Crippen molar-refractivity contribution in [2.45, 2.75) is 52.0 Å². The van der Waals surface area contributed by atoms with E-state index in [9.17, 15) is 0 Å². The molecule has 0 spiro atoms. The summed E-state index contributed by atoms with van der Waals surface area (Å²) in [5.74, 6) is 0.941. The molecule has 1 aliphatic heterocycles. The molecule has 2 heteroatoms. The molecule has 0 aromatic heterocycles. The first-order valence-corrected chi connectivity index (χ1v) is 7.00. The molecule has 94 valence electrons. The molecule has 1 aliphatic carbocycles. The zero-order valence-electron chi connectivity index (χ0n) is 11.3. The molecular weight excluding hydrogens is 196 g/mol. The molecule has 0 aromatic rings. The van der Waals surface area contributed by atoms with Crippen molar-refractivity contribution >= 4 is 0 Å². The van der Waals surface area contributed by atoms with E-state index in [-0.39, 0.29) is 0 Å². The summed E-state index contributed by atoms with van der Waals surface area (Å²) in [6.45, 7) is 8.52. The van der Waals surface area contributed by atoms with Crippen LogP contribution in [0.4, 0.5) is 0 Å². The third-order valence-corrected chi connectivity index (χ3v) is 4.68. The Hall–Kier alpha value is -0.0800. The van der Waals surface area contributed by atoms with E-state index >= 15 is 0 Å². The van der Waals surface area contributed by atoms with Gasteiger partial charge >= 0.3 is 0 Å². The van der Waals surface area contributed by atoms with Gasteiger partial charge in [0.05, 0.1) is 0 Å². The number of hydrogen-bond acceptors (Lipinski definition) is 2. The van der Waals surface area contributed by atoms with Gasteiger partial charge < -0.3 is 10.2 Å². The lowest BCUT2D eigenvalue weighted by Gasteiger charge is -2.32. The van der Waals surface area contributed by atoms with Crippen molar-refractivity contribution in [1.29, 1.82) is 0 Å². The summed E-state index contributed by atoms with van der Waals surface area (Å²) in [5, 5.41) is 3.64. The van der Waals surface area contributed by atoms with Crippen LogP contribution in [0.2, 0.25) is 0 Å². The molecule has 2 unspecified atom stereocenters. The van der Waals surface area contributed by atoms with Crippen molar-refractivity contribution in [1.82, 2.24) is 10.2 Å². The van der Waals surface area contributed by atoms with E-state index in [1.165, 1.54) is 51.7 Å². The van der Waals surface area contributed by atoms with Crippen molar-refractivity contribution in [3.63, 3.8) is 0 Å². The molecule has 0 aromatic carbocycles. The lowest BCUT2D eigenvalue weighted by Crippen LogP contribution is -2.38. The van der Waals surface area contributed by atoms with Gasteiger partial charge in [-0.2, -0.15) is 0 Å². The molecule has 0 radical (unpaired) electrons. The standard InChI is InChI=1S/C14H28N2/c1-14(2)10-12(14)11-15-8-7-13-6-4-5-9-16(13)3/h12-13,15H,4-11H2,1-3H3. The summed E-state index contributed by atoms with van der Waals surface area (Å²) < 4.78 is 0. The fourth-order valence-corrected chi connectivity index (χ4v) is 2.98. The second kappa shape index (κ2) is 5.05. The maximum Gasteiger partial charge on any atom is 0.0104 e. The molecule has 2 nitrogen and oxygen atoms in total. The van der Waals surface area contributed by atoms with Gasteiger partial charge in [-0.15, -0.1) is 0 Å². The highest BCUT2D eigenvalue weighted by Gasteiger charge is 2.44.